The van der Waals surface area contributed by atoms with Crippen molar-refractivity contribution in [3.8, 4) is 0 Å². The van der Waals surface area contributed by atoms with Crippen LogP contribution >= 0.6 is 11.6 Å². The third kappa shape index (κ3) is 2.93. The molecule has 0 saturated carbocycles. The van der Waals surface area contributed by atoms with Gasteiger partial charge in [-0.1, -0.05) is 24.6 Å². The van der Waals surface area contributed by atoms with E-state index in [1.165, 1.54) is 17.0 Å². The predicted molar refractivity (Wildman–Crippen MR) is 95.5 cm³/mol. The third-order valence-corrected chi connectivity index (χ3v) is 5.17. The van der Waals surface area contributed by atoms with Crippen LogP contribution in [0.15, 0.2) is 35.4 Å². The lowest BCUT2D eigenvalue weighted by atomic mass is 9.87. The Morgan fingerprint density at radius 1 is 1.40 bits per heavy atom. The van der Waals surface area contributed by atoms with Gasteiger partial charge in [0.25, 0.3) is 5.56 Å². The summed E-state index contributed by atoms with van der Waals surface area (Å²) in [6, 6.07) is 6.39. The quantitative estimate of drug-likeness (QED) is 0.701. The van der Waals surface area contributed by atoms with Crippen LogP contribution in [0.3, 0.4) is 0 Å². The van der Waals surface area contributed by atoms with E-state index < -0.39 is 5.82 Å². The number of pyridine rings is 1. The topological polar surface area (TPSA) is 47.8 Å². The van der Waals surface area contributed by atoms with Gasteiger partial charge in [-0.2, -0.15) is 0 Å². The van der Waals surface area contributed by atoms with Crippen molar-refractivity contribution in [2.75, 3.05) is 0 Å². The Labute approximate surface area is 149 Å². The average molecular weight is 358 g/mol. The summed E-state index contributed by atoms with van der Waals surface area (Å²) in [7, 11) is 0. The SMILES string of the molecule is C[C@H]1CCc2nc3ncn(Cc4c(F)cccc4Cl)c(=O)c3cc2C1. The van der Waals surface area contributed by atoms with Crippen molar-refractivity contribution < 1.29 is 4.39 Å². The average Bonchev–Trinajstić information content (AvgIpc) is 2.59. The molecule has 1 atom stereocenters. The molecule has 128 valence electrons. The molecule has 0 N–H and O–H groups in total. The number of halogens is 2. The molecule has 0 radical (unpaired) electrons. The number of fused-ring (bicyclic) bond motifs is 2. The Balaban J connectivity index is 1.81. The van der Waals surface area contributed by atoms with E-state index in [-0.39, 0.29) is 17.7 Å². The van der Waals surface area contributed by atoms with Crippen molar-refractivity contribution in [3.05, 3.63) is 68.6 Å². The van der Waals surface area contributed by atoms with Gasteiger partial charge in [-0.3, -0.25) is 9.36 Å². The number of nitrogens with zero attached hydrogens (tertiary/aromatic N) is 3. The molecule has 4 nitrogen and oxygen atoms in total. The highest BCUT2D eigenvalue weighted by molar-refractivity contribution is 6.31. The maximum absolute atomic E-state index is 14.0. The molecule has 0 bridgehead atoms. The Morgan fingerprint density at radius 3 is 3.04 bits per heavy atom. The minimum Gasteiger partial charge on any atom is -0.294 e. The number of aryl methyl sites for hydroxylation is 1. The largest absolute Gasteiger partial charge is 0.294 e. The normalized spacial score (nSPS) is 16.8. The zero-order valence-electron chi connectivity index (χ0n) is 13.8. The zero-order chi connectivity index (χ0) is 17.6. The Morgan fingerprint density at radius 2 is 2.24 bits per heavy atom. The van der Waals surface area contributed by atoms with Crippen LogP contribution < -0.4 is 5.56 Å². The molecule has 0 aliphatic heterocycles. The number of aromatic nitrogens is 3. The second kappa shape index (κ2) is 6.23. The first-order valence-electron chi connectivity index (χ1n) is 8.34. The number of hydrogen-bond acceptors (Lipinski definition) is 3. The molecule has 6 heteroatoms. The number of benzene rings is 1. The number of rotatable bonds is 2. The molecule has 0 amide bonds. The minimum atomic E-state index is -0.433. The summed E-state index contributed by atoms with van der Waals surface area (Å²) >= 11 is 6.07. The molecule has 1 aromatic carbocycles. The van der Waals surface area contributed by atoms with Gasteiger partial charge >= 0.3 is 0 Å². The minimum absolute atomic E-state index is 0.0424. The first-order chi connectivity index (χ1) is 12.0. The molecule has 25 heavy (non-hydrogen) atoms. The van der Waals surface area contributed by atoms with Gasteiger partial charge < -0.3 is 0 Å². The monoisotopic (exact) mass is 357 g/mol. The van der Waals surface area contributed by atoms with Crippen LogP contribution in [0.4, 0.5) is 4.39 Å². The van der Waals surface area contributed by atoms with Gasteiger partial charge in [0.05, 0.1) is 11.9 Å². The summed E-state index contributed by atoms with van der Waals surface area (Å²) in [6.45, 7) is 2.25. The Kier molecular flexibility index (Phi) is 4.04. The highest BCUT2D eigenvalue weighted by Crippen LogP contribution is 2.25. The fourth-order valence-electron chi connectivity index (χ4n) is 3.39. The summed E-state index contributed by atoms with van der Waals surface area (Å²) < 4.78 is 15.4. The molecule has 0 saturated heterocycles. The van der Waals surface area contributed by atoms with E-state index in [1.807, 2.05) is 6.07 Å². The molecule has 1 aliphatic rings. The van der Waals surface area contributed by atoms with Crippen molar-refractivity contribution in [1.82, 2.24) is 14.5 Å². The van der Waals surface area contributed by atoms with Crippen molar-refractivity contribution in [2.45, 2.75) is 32.7 Å². The van der Waals surface area contributed by atoms with Crippen LogP contribution in [0.5, 0.6) is 0 Å². The van der Waals surface area contributed by atoms with Crippen LogP contribution in [0, 0.1) is 11.7 Å². The van der Waals surface area contributed by atoms with E-state index in [9.17, 15) is 9.18 Å². The fourth-order valence-corrected chi connectivity index (χ4v) is 3.61. The van der Waals surface area contributed by atoms with Crippen LogP contribution in [-0.2, 0) is 19.4 Å². The van der Waals surface area contributed by atoms with E-state index in [1.54, 1.807) is 12.1 Å². The highest BCUT2D eigenvalue weighted by Gasteiger charge is 2.19. The molecule has 4 rings (SSSR count). The molecule has 2 aromatic heterocycles. The summed E-state index contributed by atoms with van der Waals surface area (Å²) in [5, 5.41) is 0.771. The van der Waals surface area contributed by atoms with Gasteiger partial charge in [-0.15, -0.1) is 0 Å². The van der Waals surface area contributed by atoms with Crippen LogP contribution in [0.2, 0.25) is 5.02 Å². The summed E-state index contributed by atoms with van der Waals surface area (Å²) in [6.07, 6.45) is 4.36. The van der Waals surface area contributed by atoms with Gasteiger partial charge in [0.15, 0.2) is 5.65 Å². The summed E-state index contributed by atoms with van der Waals surface area (Å²) in [4.78, 5) is 21.7. The summed E-state index contributed by atoms with van der Waals surface area (Å²) in [5.74, 6) is 0.153. The lowest BCUT2D eigenvalue weighted by molar-refractivity contribution is 0.495. The van der Waals surface area contributed by atoms with E-state index in [2.05, 4.69) is 16.9 Å². The second-order valence-corrected chi connectivity index (χ2v) is 7.10. The second-order valence-electron chi connectivity index (χ2n) is 6.69. The maximum atomic E-state index is 14.0. The fraction of sp³-hybridized carbons (Fsp3) is 0.316. The lowest BCUT2D eigenvalue weighted by Gasteiger charge is -2.20. The molecular formula is C19H17ClFN3O. The standard InChI is InChI=1S/C19H17ClFN3O/c1-11-5-6-17-12(7-11)8-13-18(23-17)22-10-24(19(13)25)9-14-15(20)3-2-4-16(14)21/h2-4,8,10-11H,5-7,9H2,1H3/t11-/m0/s1. The highest BCUT2D eigenvalue weighted by atomic mass is 35.5. The van der Waals surface area contributed by atoms with Crippen molar-refractivity contribution in [3.63, 3.8) is 0 Å². The zero-order valence-corrected chi connectivity index (χ0v) is 14.6. The molecular weight excluding hydrogens is 341 g/mol. The lowest BCUT2D eigenvalue weighted by Crippen LogP contribution is -2.23. The van der Waals surface area contributed by atoms with Gasteiger partial charge in [-0.25, -0.2) is 14.4 Å². The van der Waals surface area contributed by atoms with Gasteiger partial charge in [0, 0.05) is 16.3 Å². The predicted octanol–water partition coefficient (Wildman–Crippen LogP) is 3.76. The third-order valence-electron chi connectivity index (χ3n) is 4.81. The van der Waals surface area contributed by atoms with Crippen molar-refractivity contribution >= 4 is 22.6 Å². The van der Waals surface area contributed by atoms with Crippen LogP contribution in [-0.4, -0.2) is 14.5 Å². The van der Waals surface area contributed by atoms with Crippen molar-refractivity contribution in [2.24, 2.45) is 5.92 Å². The molecule has 2 heterocycles. The molecule has 3 aromatic rings. The number of hydrogen-bond donors (Lipinski definition) is 0. The molecule has 0 unspecified atom stereocenters. The van der Waals surface area contributed by atoms with Gasteiger partial charge in [0.1, 0.15) is 12.1 Å². The first-order valence-corrected chi connectivity index (χ1v) is 8.71. The van der Waals surface area contributed by atoms with E-state index in [0.29, 0.717) is 22.0 Å². The van der Waals surface area contributed by atoms with E-state index in [4.69, 9.17) is 11.6 Å². The smallest absolute Gasteiger partial charge is 0.263 e. The Hall–Kier alpha value is -2.27. The van der Waals surface area contributed by atoms with E-state index in [0.717, 1.165) is 30.5 Å². The maximum Gasteiger partial charge on any atom is 0.263 e. The van der Waals surface area contributed by atoms with Gasteiger partial charge in [0.2, 0.25) is 0 Å². The molecule has 0 spiro atoms. The Bertz CT molecular complexity index is 1010. The van der Waals surface area contributed by atoms with Crippen molar-refractivity contribution in [1.29, 1.82) is 0 Å². The van der Waals surface area contributed by atoms with Crippen LogP contribution in [0.1, 0.15) is 30.2 Å². The molecule has 1 aliphatic carbocycles. The van der Waals surface area contributed by atoms with Crippen LogP contribution in [0.25, 0.3) is 11.0 Å². The first kappa shape index (κ1) is 16.2. The summed E-state index contributed by atoms with van der Waals surface area (Å²) in [5.41, 5.74) is 2.67. The van der Waals surface area contributed by atoms with E-state index >= 15 is 0 Å². The van der Waals surface area contributed by atoms with Gasteiger partial charge in [-0.05, 0) is 48.9 Å². The molecule has 0 fully saturated rings.